The maximum absolute atomic E-state index is 12.2. The first-order valence-electron chi connectivity index (χ1n) is 8.65. The van der Waals surface area contributed by atoms with Crippen LogP contribution in [0.15, 0.2) is 54.9 Å². The lowest BCUT2D eigenvalue weighted by Gasteiger charge is -2.11. The zero-order valence-electron chi connectivity index (χ0n) is 16.0. The largest absolute Gasteiger partial charge is 0.465 e. The Hall–Kier alpha value is -4.25. The van der Waals surface area contributed by atoms with Crippen molar-refractivity contribution < 1.29 is 19.2 Å². The summed E-state index contributed by atoms with van der Waals surface area (Å²) in [6.07, 6.45) is 1.09. The predicted octanol–water partition coefficient (Wildman–Crippen LogP) is 3.33. The van der Waals surface area contributed by atoms with Crippen LogP contribution in [0.25, 0.3) is 0 Å². The van der Waals surface area contributed by atoms with Gasteiger partial charge < -0.3 is 10.1 Å². The first-order valence-corrected chi connectivity index (χ1v) is 9.03. The van der Waals surface area contributed by atoms with E-state index < -0.39 is 22.5 Å². The fraction of sp³-hybridized carbons (Fsp3) is 0.0526. The quantitative estimate of drug-likeness (QED) is 0.284. The lowest BCUT2D eigenvalue weighted by atomic mass is 10.2. The van der Waals surface area contributed by atoms with Crippen LogP contribution in [0.1, 0.15) is 20.7 Å². The second-order valence-electron chi connectivity index (χ2n) is 5.96. The molecule has 0 bridgehead atoms. The molecule has 1 heterocycles. The van der Waals surface area contributed by atoms with Crippen LogP contribution in [0, 0.1) is 10.1 Å². The molecule has 0 saturated carbocycles. The number of nitro groups is 1. The molecule has 12 heteroatoms. The Balaban J connectivity index is 1.79. The summed E-state index contributed by atoms with van der Waals surface area (Å²) in [5.41, 5.74) is 5.33. The molecule has 3 rings (SSSR count). The minimum absolute atomic E-state index is 0.117. The third kappa shape index (κ3) is 5.22. The molecule has 1 amide bonds. The fourth-order valence-corrected chi connectivity index (χ4v) is 2.59. The van der Waals surface area contributed by atoms with Gasteiger partial charge in [0, 0.05) is 16.3 Å². The van der Waals surface area contributed by atoms with E-state index in [9.17, 15) is 19.7 Å². The maximum Gasteiger partial charge on any atom is 0.355 e. The van der Waals surface area contributed by atoms with Gasteiger partial charge in [0.15, 0.2) is 0 Å². The smallest absolute Gasteiger partial charge is 0.355 e. The monoisotopic (exact) mass is 442 g/mol. The molecule has 0 atom stereocenters. The van der Waals surface area contributed by atoms with Gasteiger partial charge in [-0.25, -0.2) is 14.8 Å². The van der Waals surface area contributed by atoms with E-state index in [1.54, 1.807) is 0 Å². The molecule has 0 aliphatic rings. The second-order valence-corrected chi connectivity index (χ2v) is 6.39. The minimum Gasteiger partial charge on any atom is -0.465 e. The van der Waals surface area contributed by atoms with Crippen LogP contribution >= 0.6 is 11.6 Å². The van der Waals surface area contributed by atoms with Gasteiger partial charge in [0.2, 0.25) is 11.6 Å². The molecule has 1 aromatic heterocycles. The van der Waals surface area contributed by atoms with E-state index >= 15 is 0 Å². The van der Waals surface area contributed by atoms with Crippen molar-refractivity contribution in [1.29, 1.82) is 0 Å². The Labute approximate surface area is 180 Å². The molecule has 0 aliphatic heterocycles. The Morgan fingerprint density at radius 3 is 2.23 bits per heavy atom. The minimum atomic E-state index is -0.693. The van der Waals surface area contributed by atoms with Crippen LogP contribution in [-0.4, -0.2) is 33.9 Å². The highest BCUT2D eigenvalue weighted by atomic mass is 35.5. The van der Waals surface area contributed by atoms with Gasteiger partial charge in [0.1, 0.15) is 6.33 Å². The average Bonchev–Trinajstić information content (AvgIpc) is 2.77. The lowest BCUT2D eigenvalue weighted by molar-refractivity contribution is -0.383. The summed E-state index contributed by atoms with van der Waals surface area (Å²) in [6, 6.07) is 12.1. The van der Waals surface area contributed by atoms with Crippen molar-refractivity contribution in [1.82, 2.24) is 15.4 Å². The fourth-order valence-electron chi connectivity index (χ4n) is 2.47. The molecule has 31 heavy (non-hydrogen) atoms. The highest BCUT2D eigenvalue weighted by Gasteiger charge is 2.24. The number of hydrazine groups is 1. The van der Waals surface area contributed by atoms with Crippen LogP contribution in [0.5, 0.6) is 0 Å². The van der Waals surface area contributed by atoms with E-state index in [0.29, 0.717) is 16.3 Å². The summed E-state index contributed by atoms with van der Waals surface area (Å²) >= 11 is 5.79. The standard InChI is InChI=1S/C19H15ClN6O5/c1-31-19(28)12-4-8-14(9-5-12)23-16-15(26(29)30)17(22-10-21-16)24-25-18(27)11-2-6-13(20)7-3-11/h2-10H,1H3,(H,25,27)(H2,21,22,23,24). The van der Waals surface area contributed by atoms with Crippen LogP contribution < -0.4 is 16.2 Å². The van der Waals surface area contributed by atoms with Crippen molar-refractivity contribution in [3.63, 3.8) is 0 Å². The summed E-state index contributed by atoms with van der Waals surface area (Å²) in [5, 5.41) is 14.9. The zero-order chi connectivity index (χ0) is 22.4. The number of hydrogen-bond donors (Lipinski definition) is 3. The van der Waals surface area contributed by atoms with Crippen LogP contribution in [0.2, 0.25) is 5.02 Å². The molecule has 0 saturated heterocycles. The molecule has 158 valence electrons. The van der Waals surface area contributed by atoms with Gasteiger partial charge in [0.05, 0.1) is 17.6 Å². The summed E-state index contributed by atoms with van der Waals surface area (Å²) in [5.74, 6) is -1.40. The molecule has 0 unspecified atom stereocenters. The Morgan fingerprint density at radius 1 is 1.00 bits per heavy atom. The van der Waals surface area contributed by atoms with Crippen molar-refractivity contribution in [2.24, 2.45) is 0 Å². The molecule has 2 aromatic carbocycles. The number of halogens is 1. The van der Waals surface area contributed by atoms with E-state index in [1.807, 2.05) is 0 Å². The van der Waals surface area contributed by atoms with Crippen LogP contribution in [-0.2, 0) is 4.74 Å². The molecule has 3 N–H and O–H groups in total. The van der Waals surface area contributed by atoms with Crippen molar-refractivity contribution in [3.8, 4) is 0 Å². The Kier molecular flexibility index (Phi) is 6.58. The third-order valence-electron chi connectivity index (χ3n) is 3.97. The third-order valence-corrected chi connectivity index (χ3v) is 4.23. The van der Waals surface area contributed by atoms with E-state index in [0.717, 1.165) is 6.33 Å². The van der Waals surface area contributed by atoms with Crippen LogP contribution in [0.4, 0.5) is 23.0 Å². The van der Waals surface area contributed by atoms with Gasteiger partial charge in [-0.05, 0) is 48.5 Å². The zero-order valence-corrected chi connectivity index (χ0v) is 16.7. The number of anilines is 3. The number of ether oxygens (including phenoxy) is 1. The number of esters is 1. The van der Waals surface area contributed by atoms with Gasteiger partial charge in [-0.15, -0.1) is 0 Å². The number of benzene rings is 2. The normalized spacial score (nSPS) is 10.1. The molecular weight excluding hydrogens is 428 g/mol. The average molecular weight is 443 g/mol. The highest BCUT2D eigenvalue weighted by Crippen LogP contribution is 2.30. The van der Waals surface area contributed by atoms with E-state index in [2.05, 4.69) is 30.9 Å². The van der Waals surface area contributed by atoms with Crippen molar-refractivity contribution in [2.75, 3.05) is 17.9 Å². The number of rotatable bonds is 7. The van der Waals surface area contributed by atoms with Gasteiger partial charge in [0.25, 0.3) is 5.91 Å². The number of hydrogen-bond acceptors (Lipinski definition) is 9. The summed E-state index contributed by atoms with van der Waals surface area (Å²) < 4.78 is 4.63. The summed E-state index contributed by atoms with van der Waals surface area (Å²) in [6.45, 7) is 0. The van der Waals surface area contributed by atoms with E-state index in [1.165, 1.54) is 55.6 Å². The predicted molar refractivity (Wildman–Crippen MR) is 112 cm³/mol. The van der Waals surface area contributed by atoms with E-state index in [4.69, 9.17) is 11.6 Å². The summed E-state index contributed by atoms with van der Waals surface area (Å²) in [7, 11) is 1.26. The molecular formula is C19H15ClN6O5. The first-order chi connectivity index (χ1) is 14.9. The van der Waals surface area contributed by atoms with Gasteiger partial charge in [-0.3, -0.25) is 25.8 Å². The molecule has 0 aliphatic carbocycles. The molecule has 0 radical (unpaired) electrons. The van der Waals surface area contributed by atoms with Gasteiger partial charge >= 0.3 is 11.7 Å². The second kappa shape index (κ2) is 9.50. The molecule has 0 fully saturated rings. The first kappa shape index (κ1) is 21.5. The number of aromatic nitrogens is 2. The number of carbonyl (C=O) groups excluding carboxylic acids is 2. The van der Waals surface area contributed by atoms with Crippen LogP contribution in [0.3, 0.4) is 0 Å². The van der Waals surface area contributed by atoms with Crippen molar-refractivity contribution in [3.05, 3.63) is 81.1 Å². The number of amides is 1. The number of nitrogens with zero attached hydrogens (tertiary/aromatic N) is 3. The summed E-state index contributed by atoms with van der Waals surface area (Å²) in [4.78, 5) is 42.4. The molecule has 3 aromatic rings. The lowest BCUT2D eigenvalue weighted by Crippen LogP contribution is -2.30. The Morgan fingerprint density at radius 2 is 1.61 bits per heavy atom. The van der Waals surface area contributed by atoms with E-state index in [-0.39, 0.29) is 17.2 Å². The number of carbonyl (C=O) groups is 2. The SMILES string of the molecule is COC(=O)c1ccc(Nc2ncnc(NNC(=O)c3ccc(Cl)cc3)c2[N+](=O)[O-])cc1. The van der Waals surface area contributed by atoms with Crippen molar-refractivity contribution in [2.45, 2.75) is 0 Å². The highest BCUT2D eigenvalue weighted by molar-refractivity contribution is 6.30. The number of nitrogens with one attached hydrogen (secondary N) is 3. The Bertz CT molecular complexity index is 1120. The number of methoxy groups -OCH3 is 1. The maximum atomic E-state index is 12.2. The molecule has 0 spiro atoms. The topological polar surface area (TPSA) is 148 Å². The van der Waals surface area contributed by atoms with Crippen molar-refractivity contribution >= 4 is 46.5 Å². The molecule has 11 nitrogen and oxygen atoms in total. The van der Waals surface area contributed by atoms with Gasteiger partial charge in [-0.1, -0.05) is 11.6 Å². The van der Waals surface area contributed by atoms with Gasteiger partial charge in [-0.2, -0.15) is 0 Å².